The fourth-order valence-corrected chi connectivity index (χ4v) is 3.16. The molecule has 0 atom stereocenters. The summed E-state index contributed by atoms with van der Waals surface area (Å²) in [5, 5.41) is 14.4. The van der Waals surface area contributed by atoms with E-state index in [1.165, 1.54) is 0 Å². The second kappa shape index (κ2) is 8.26. The number of carbonyl (C=O) groups excluding carboxylic acids is 1. The molecular weight excluding hydrogens is 382 g/mol. The maximum Gasteiger partial charge on any atom is 0.251 e. The number of hydrogen-bond donors (Lipinski definition) is 1. The highest BCUT2D eigenvalue weighted by molar-refractivity contribution is 6.32. The Bertz CT molecular complexity index is 960. The van der Waals surface area contributed by atoms with E-state index in [2.05, 4.69) is 20.8 Å². The first kappa shape index (κ1) is 18.2. The van der Waals surface area contributed by atoms with E-state index in [9.17, 15) is 4.79 Å². The Kier molecular flexibility index (Phi) is 5.38. The van der Waals surface area contributed by atoms with Crippen molar-refractivity contribution in [3.8, 4) is 11.5 Å². The van der Waals surface area contributed by atoms with E-state index < -0.39 is 0 Å². The molecular formula is C19H18ClN5O3. The molecule has 3 aromatic rings. The fourth-order valence-electron chi connectivity index (χ4n) is 2.87. The van der Waals surface area contributed by atoms with Gasteiger partial charge in [0.25, 0.3) is 5.91 Å². The van der Waals surface area contributed by atoms with Crippen LogP contribution < -0.4 is 14.8 Å². The molecule has 1 N–H and O–H groups in total. The lowest BCUT2D eigenvalue weighted by atomic mass is 10.1. The topological polar surface area (TPSA) is 91.2 Å². The molecule has 0 spiro atoms. The Morgan fingerprint density at radius 1 is 1.14 bits per heavy atom. The average molecular weight is 400 g/mol. The van der Waals surface area contributed by atoms with E-state index >= 15 is 0 Å². The summed E-state index contributed by atoms with van der Waals surface area (Å²) in [6, 6.07) is 10.9. The smallest absolute Gasteiger partial charge is 0.251 e. The van der Waals surface area contributed by atoms with Crippen molar-refractivity contribution < 1.29 is 14.3 Å². The number of carbonyl (C=O) groups is 1. The summed E-state index contributed by atoms with van der Waals surface area (Å²) in [4.78, 5) is 12.4. The maximum atomic E-state index is 12.4. The summed E-state index contributed by atoms with van der Waals surface area (Å²) in [7, 11) is 0. The van der Waals surface area contributed by atoms with Crippen LogP contribution in [0.25, 0.3) is 0 Å². The summed E-state index contributed by atoms with van der Waals surface area (Å²) < 4.78 is 12.9. The SMILES string of the molecule is O=C(NCc1cc(Cl)c2c(c1)OCCCO2)c1ccc(Cn2cnnn2)cc1. The zero-order valence-electron chi connectivity index (χ0n) is 15.0. The quantitative estimate of drug-likeness (QED) is 0.708. The van der Waals surface area contributed by atoms with E-state index in [1.807, 2.05) is 18.2 Å². The molecule has 144 valence electrons. The van der Waals surface area contributed by atoms with Gasteiger partial charge in [-0.2, -0.15) is 0 Å². The molecule has 0 bridgehead atoms. The summed E-state index contributed by atoms with van der Waals surface area (Å²) in [5.41, 5.74) is 2.41. The minimum Gasteiger partial charge on any atom is -0.489 e. The molecule has 1 amide bonds. The van der Waals surface area contributed by atoms with Gasteiger partial charge in [-0.15, -0.1) is 5.10 Å². The second-order valence-electron chi connectivity index (χ2n) is 6.34. The summed E-state index contributed by atoms with van der Waals surface area (Å²) in [6.07, 6.45) is 2.35. The van der Waals surface area contributed by atoms with Crippen LogP contribution in [0.3, 0.4) is 0 Å². The Hall–Kier alpha value is -3.13. The number of ether oxygens (including phenoxy) is 2. The van der Waals surface area contributed by atoms with E-state index in [0.29, 0.717) is 48.4 Å². The molecule has 0 saturated heterocycles. The number of tetrazole rings is 1. The highest BCUT2D eigenvalue weighted by atomic mass is 35.5. The summed E-state index contributed by atoms with van der Waals surface area (Å²) in [5.74, 6) is 1.01. The van der Waals surface area contributed by atoms with Gasteiger partial charge < -0.3 is 14.8 Å². The van der Waals surface area contributed by atoms with Gasteiger partial charge in [0, 0.05) is 18.5 Å². The van der Waals surface area contributed by atoms with E-state index in [-0.39, 0.29) is 5.91 Å². The molecule has 2 aromatic carbocycles. The van der Waals surface area contributed by atoms with Gasteiger partial charge >= 0.3 is 0 Å². The van der Waals surface area contributed by atoms with Crippen LogP contribution in [0.5, 0.6) is 11.5 Å². The van der Waals surface area contributed by atoms with Crippen molar-refractivity contribution in [2.45, 2.75) is 19.5 Å². The molecule has 8 nitrogen and oxygen atoms in total. The van der Waals surface area contributed by atoms with E-state index in [1.54, 1.807) is 29.2 Å². The van der Waals surface area contributed by atoms with E-state index in [4.69, 9.17) is 21.1 Å². The molecule has 0 aliphatic carbocycles. The van der Waals surface area contributed by atoms with Gasteiger partial charge in [-0.3, -0.25) is 4.79 Å². The highest BCUT2D eigenvalue weighted by Gasteiger charge is 2.16. The largest absolute Gasteiger partial charge is 0.489 e. The molecule has 0 radical (unpaired) electrons. The molecule has 2 heterocycles. The van der Waals surface area contributed by atoms with Crippen molar-refractivity contribution >= 4 is 17.5 Å². The van der Waals surface area contributed by atoms with Gasteiger partial charge in [0.15, 0.2) is 11.5 Å². The fraction of sp³-hybridized carbons (Fsp3) is 0.263. The molecule has 0 saturated carbocycles. The Balaban J connectivity index is 1.39. The lowest BCUT2D eigenvalue weighted by Crippen LogP contribution is -2.22. The van der Waals surface area contributed by atoms with Gasteiger partial charge in [0.1, 0.15) is 6.33 Å². The third-order valence-corrected chi connectivity index (χ3v) is 4.55. The Morgan fingerprint density at radius 2 is 1.96 bits per heavy atom. The van der Waals surface area contributed by atoms with Gasteiger partial charge in [0.2, 0.25) is 0 Å². The first-order chi connectivity index (χ1) is 13.7. The van der Waals surface area contributed by atoms with Crippen LogP contribution in [0, 0.1) is 0 Å². The number of benzene rings is 2. The Morgan fingerprint density at radius 3 is 2.75 bits per heavy atom. The van der Waals surface area contributed by atoms with Crippen LogP contribution in [-0.4, -0.2) is 39.3 Å². The molecule has 9 heteroatoms. The number of fused-ring (bicyclic) bond motifs is 1. The van der Waals surface area contributed by atoms with Crippen molar-refractivity contribution in [2.24, 2.45) is 0 Å². The van der Waals surface area contributed by atoms with Gasteiger partial charge in [-0.25, -0.2) is 4.68 Å². The number of rotatable bonds is 5. The van der Waals surface area contributed by atoms with Crippen LogP contribution >= 0.6 is 11.6 Å². The second-order valence-corrected chi connectivity index (χ2v) is 6.75. The number of nitrogens with zero attached hydrogens (tertiary/aromatic N) is 4. The maximum absolute atomic E-state index is 12.4. The normalized spacial score (nSPS) is 13.0. The van der Waals surface area contributed by atoms with Crippen molar-refractivity contribution in [1.29, 1.82) is 0 Å². The Labute approximate surface area is 166 Å². The van der Waals surface area contributed by atoms with Gasteiger partial charge in [-0.1, -0.05) is 23.7 Å². The highest BCUT2D eigenvalue weighted by Crippen LogP contribution is 2.37. The van der Waals surface area contributed by atoms with Crippen LogP contribution in [-0.2, 0) is 13.1 Å². The lowest BCUT2D eigenvalue weighted by Gasteiger charge is -2.12. The molecule has 0 unspecified atom stereocenters. The van der Waals surface area contributed by atoms with E-state index in [0.717, 1.165) is 17.5 Å². The number of amides is 1. The standard InChI is InChI=1S/C19H18ClN5O3/c20-16-8-14(9-17-18(16)28-7-1-6-27-17)10-21-19(26)15-4-2-13(3-5-15)11-25-12-22-23-24-25/h2-5,8-9,12H,1,6-7,10-11H2,(H,21,26). The molecule has 0 fully saturated rings. The number of hydrogen-bond acceptors (Lipinski definition) is 6. The lowest BCUT2D eigenvalue weighted by molar-refractivity contribution is 0.0951. The summed E-state index contributed by atoms with van der Waals surface area (Å²) >= 11 is 6.29. The number of halogens is 1. The molecule has 1 aromatic heterocycles. The van der Waals surface area contributed by atoms with Crippen LogP contribution in [0.4, 0.5) is 0 Å². The van der Waals surface area contributed by atoms with Crippen molar-refractivity contribution in [1.82, 2.24) is 25.5 Å². The molecule has 4 rings (SSSR count). The predicted octanol–water partition coefficient (Wildman–Crippen LogP) is 2.47. The third kappa shape index (κ3) is 4.23. The first-order valence-corrected chi connectivity index (χ1v) is 9.23. The minimum absolute atomic E-state index is 0.169. The van der Waals surface area contributed by atoms with Crippen molar-refractivity contribution in [3.05, 3.63) is 64.4 Å². The number of nitrogens with one attached hydrogen (secondary N) is 1. The molecule has 1 aliphatic heterocycles. The first-order valence-electron chi connectivity index (χ1n) is 8.85. The monoisotopic (exact) mass is 399 g/mol. The number of aromatic nitrogens is 4. The minimum atomic E-state index is -0.169. The van der Waals surface area contributed by atoms with Crippen LogP contribution in [0.1, 0.15) is 27.9 Å². The average Bonchev–Trinajstić information content (AvgIpc) is 3.09. The van der Waals surface area contributed by atoms with Crippen molar-refractivity contribution in [3.63, 3.8) is 0 Å². The molecule has 28 heavy (non-hydrogen) atoms. The zero-order valence-corrected chi connectivity index (χ0v) is 15.7. The van der Waals surface area contributed by atoms with Crippen LogP contribution in [0.15, 0.2) is 42.7 Å². The molecule has 1 aliphatic rings. The zero-order chi connectivity index (χ0) is 19.3. The van der Waals surface area contributed by atoms with Crippen LogP contribution in [0.2, 0.25) is 5.02 Å². The third-order valence-electron chi connectivity index (χ3n) is 4.27. The van der Waals surface area contributed by atoms with Crippen molar-refractivity contribution in [2.75, 3.05) is 13.2 Å². The van der Waals surface area contributed by atoms with Gasteiger partial charge in [-0.05, 0) is 45.8 Å². The predicted molar refractivity (Wildman–Crippen MR) is 102 cm³/mol. The summed E-state index contributed by atoms with van der Waals surface area (Å²) in [6.45, 7) is 2.04. The van der Waals surface area contributed by atoms with Gasteiger partial charge in [0.05, 0.1) is 24.8 Å².